The summed E-state index contributed by atoms with van der Waals surface area (Å²) in [5, 5.41) is 0. The van der Waals surface area contributed by atoms with Gasteiger partial charge in [-0.2, -0.15) is 0 Å². The van der Waals surface area contributed by atoms with Crippen LogP contribution in [0.2, 0.25) is 0 Å². The minimum atomic E-state index is -0.0116. The van der Waals surface area contributed by atoms with Crippen LogP contribution >= 0.6 is 0 Å². The first-order chi connectivity index (χ1) is 5.64. The lowest BCUT2D eigenvalue weighted by Gasteiger charge is -2.35. The van der Waals surface area contributed by atoms with Gasteiger partial charge in [-0.3, -0.25) is 4.79 Å². The van der Waals surface area contributed by atoms with Crippen LogP contribution < -0.4 is 0 Å². The lowest BCUT2D eigenvalue weighted by Crippen LogP contribution is -2.36. The second-order valence-electron chi connectivity index (χ2n) is 4.44. The average Bonchev–Trinajstić information content (AvgIpc) is 2.33. The van der Waals surface area contributed by atoms with E-state index in [-0.39, 0.29) is 5.41 Å². The van der Waals surface area contributed by atoms with E-state index in [2.05, 4.69) is 19.9 Å². The molecule has 1 heteroatoms. The van der Waals surface area contributed by atoms with E-state index in [1.54, 1.807) is 0 Å². The fourth-order valence-corrected chi connectivity index (χ4v) is 2.77. The van der Waals surface area contributed by atoms with Crippen molar-refractivity contribution in [1.82, 2.24) is 0 Å². The van der Waals surface area contributed by atoms with Crippen molar-refractivity contribution in [1.29, 1.82) is 0 Å². The third-order valence-corrected chi connectivity index (χ3v) is 3.70. The maximum Gasteiger partial charge on any atom is 0.139 e. The van der Waals surface area contributed by atoms with E-state index in [1.165, 1.54) is 12.0 Å². The SMILES string of the molecule is CC1=CC[C@@]2(C)C(=O)CCC[C@@H]12. The quantitative estimate of drug-likeness (QED) is 0.503. The van der Waals surface area contributed by atoms with Gasteiger partial charge in [0, 0.05) is 11.8 Å². The predicted octanol–water partition coefficient (Wildman–Crippen LogP) is 2.71. The molecule has 12 heavy (non-hydrogen) atoms. The van der Waals surface area contributed by atoms with Gasteiger partial charge in [-0.05, 0) is 32.1 Å². The minimum absolute atomic E-state index is 0.0116. The number of hydrogen-bond acceptors (Lipinski definition) is 1. The summed E-state index contributed by atoms with van der Waals surface area (Å²) in [6, 6.07) is 0. The molecular weight excluding hydrogens is 148 g/mol. The van der Waals surface area contributed by atoms with Gasteiger partial charge < -0.3 is 0 Å². The highest BCUT2D eigenvalue weighted by Crippen LogP contribution is 2.49. The summed E-state index contributed by atoms with van der Waals surface area (Å²) in [6.07, 6.45) is 6.39. The maximum atomic E-state index is 11.7. The van der Waals surface area contributed by atoms with Crippen molar-refractivity contribution in [3.05, 3.63) is 11.6 Å². The fraction of sp³-hybridized carbons (Fsp3) is 0.727. The van der Waals surface area contributed by atoms with Crippen molar-refractivity contribution in [2.45, 2.75) is 39.5 Å². The zero-order valence-electron chi connectivity index (χ0n) is 7.89. The number of carbonyl (C=O) groups excluding carboxylic acids is 1. The van der Waals surface area contributed by atoms with Gasteiger partial charge in [0.15, 0.2) is 0 Å². The van der Waals surface area contributed by atoms with Crippen molar-refractivity contribution in [3.63, 3.8) is 0 Å². The molecule has 0 bridgehead atoms. The zero-order chi connectivity index (χ0) is 8.77. The Morgan fingerprint density at radius 3 is 3.00 bits per heavy atom. The Balaban J connectivity index is 2.31. The molecule has 0 N–H and O–H groups in total. The van der Waals surface area contributed by atoms with Gasteiger partial charge in [-0.25, -0.2) is 0 Å². The molecule has 0 spiro atoms. The molecule has 2 aliphatic rings. The molecule has 0 aromatic heterocycles. The standard InChI is InChI=1S/C11H16O/c1-8-6-7-11(2)9(8)4-3-5-10(11)12/h6,9H,3-5,7H2,1-2H3/t9-,11+/m0/s1. The van der Waals surface area contributed by atoms with Crippen LogP contribution in [0.15, 0.2) is 11.6 Å². The number of Topliss-reactive ketones (excluding diaryl/α,β-unsaturated/α-hetero) is 1. The molecule has 1 saturated carbocycles. The van der Waals surface area contributed by atoms with Crippen molar-refractivity contribution in [2.24, 2.45) is 11.3 Å². The van der Waals surface area contributed by atoms with Crippen LogP contribution in [-0.4, -0.2) is 5.78 Å². The Hall–Kier alpha value is -0.590. The number of carbonyl (C=O) groups is 1. The lowest BCUT2D eigenvalue weighted by molar-refractivity contribution is -0.132. The van der Waals surface area contributed by atoms with Gasteiger partial charge >= 0.3 is 0 Å². The number of fused-ring (bicyclic) bond motifs is 1. The highest BCUT2D eigenvalue weighted by atomic mass is 16.1. The lowest BCUT2D eigenvalue weighted by atomic mass is 9.67. The number of ketones is 1. The Labute approximate surface area is 73.8 Å². The number of hydrogen-bond donors (Lipinski definition) is 0. The van der Waals surface area contributed by atoms with Crippen molar-refractivity contribution < 1.29 is 4.79 Å². The first-order valence-corrected chi connectivity index (χ1v) is 4.84. The van der Waals surface area contributed by atoms with E-state index in [4.69, 9.17) is 0 Å². The summed E-state index contributed by atoms with van der Waals surface area (Å²) in [6.45, 7) is 4.32. The molecule has 0 radical (unpaired) electrons. The molecule has 0 aromatic rings. The second kappa shape index (κ2) is 2.45. The third-order valence-electron chi connectivity index (χ3n) is 3.70. The summed E-state index contributed by atoms with van der Waals surface area (Å²) in [4.78, 5) is 11.7. The fourth-order valence-electron chi connectivity index (χ4n) is 2.77. The second-order valence-corrected chi connectivity index (χ2v) is 4.44. The summed E-state index contributed by atoms with van der Waals surface area (Å²) in [5.41, 5.74) is 1.44. The van der Waals surface area contributed by atoms with Crippen molar-refractivity contribution in [2.75, 3.05) is 0 Å². The highest BCUT2D eigenvalue weighted by molar-refractivity contribution is 5.86. The van der Waals surface area contributed by atoms with E-state index in [0.29, 0.717) is 11.7 Å². The summed E-state index contributed by atoms with van der Waals surface area (Å²) in [7, 11) is 0. The normalized spacial score (nSPS) is 41.0. The van der Waals surface area contributed by atoms with Gasteiger partial charge in [-0.15, -0.1) is 0 Å². The average molecular weight is 164 g/mol. The Bertz CT molecular complexity index is 252. The van der Waals surface area contributed by atoms with Crippen LogP contribution in [0.3, 0.4) is 0 Å². The van der Waals surface area contributed by atoms with Crippen molar-refractivity contribution >= 4 is 5.78 Å². The molecule has 0 unspecified atom stereocenters. The minimum Gasteiger partial charge on any atom is -0.299 e. The van der Waals surface area contributed by atoms with Gasteiger partial charge in [0.2, 0.25) is 0 Å². The monoisotopic (exact) mass is 164 g/mol. The van der Waals surface area contributed by atoms with Crippen molar-refractivity contribution in [3.8, 4) is 0 Å². The molecule has 1 nitrogen and oxygen atoms in total. The molecule has 2 aliphatic carbocycles. The molecule has 0 amide bonds. The Kier molecular flexibility index (Phi) is 1.64. The highest BCUT2D eigenvalue weighted by Gasteiger charge is 2.45. The first kappa shape index (κ1) is 8.03. The Morgan fingerprint density at radius 1 is 1.58 bits per heavy atom. The summed E-state index contributed by atoms with van der Waals surface area (Å²) in [5.74, 6) is 1.06. The molecular formula is C11H16O. The molecule has 0 heterocycles. The summed E-state index contributed by atoms with van der Waals surface area (Å²) < 4.78 is 0. The predicted molar refractivity (Wildman–Crippen MR) is 48.8 cm³/mol. The maximum absolute atomic E-state index is 11.7. The van der Waals surface area contributed by atoms with E-state index >= 15 is 0 Å². The third kappa shape index (κ3) is 0.886. The molecule has 0 aromatic carbocycles. The van der Waals surface area contributed by atoms with E-state index in [1.807, 2.05) is 0 Å². The van der Waals surface area contributed by atoms with E-state index < -0.39 is 0 Å². The number of allylic oxidation sites excluding steroid dienone is 2. The van der Waals surface area contributed by atoms with Crippen LogP contribution in [0.5, 0.6) is 0 Å². The topological polar surface area (TPSA) is 17.1 Å². The zero-order valence-corrected chi connectivity index (χ0v) is 7.89. The molecule has 2 atom stereocenters. The largest absolute Gasteiger partial charge is 0.299 e. The van der Waals surface area contributed by atoms with Crippen LogP contribution in [-0.2, 0) is 4.79 Å². The Morgan fingerprint density at radius 2 is 2.33 bits per heavy atom. The number of rotatable bonds is 0. The van der Waals surface area contributed by atoms with Gasteiger partial charge in [0.1, 0.15) is 5.78 Å². The van der Waals surface area contributed by atoms with Crippen LogP contribution in [0, 0.1) is 11.3 Å². The van der Waals surface area contributed by atoms with Crippen LogP contribution in [0.25, 0.3) is 0 Å². The molecule has 2 rings (SSSR count). The smallest absolute Gasteiger partial charge is 0.139 e. The van der Waals surface area contributed by atoms with Gasteiger partial charge in [0.05, 0.1) is 0 Å². The molecule has 0 saturated heterocycles. The van der Waals surface area contributed by atoms with Crippen LogP contribution in [0.1, 0.15) is 39.5 Å². The van der Waals surface area contributed by atoms with E-state index in [9.17, 15) is 4.79 Å². The first-order valence-electron chi connectivity index (χ1n) is 4.84. The molecule has 0 aliphatic heterocycles. The van der Waals surface area contributed by atoms with E-state index in [0.717, 1.165) is 19.3 Å². The van der Waals surface area contributed by atoms with Crippen LogP contribution in [0.4, 0.5) is 0 Å². The van der Waals surface area contributed by atoms with Gasteiger partial charge in [-0.1, -0.05) is 18.6 Å². The molecule has 66 valence electrons. The van der Waals surface area contributed by atoms with Gasteiger partial charge in [0.25, 0.3) is 0 Å². The molecule has 1 fully saturated rings. The summed E-state index contributed by atoms with van der Waals surface area (Å²) >= 11 is 0.